The fourth-order valence-corrected chi connectivity index (χ4v) is 8.63. The highest BCUT2D eigenvalue weighted by Gasteiger charge is 2.60. The predicted molar refractivity (Wildman–Crippen MR) is 212 cm³/mol. The summed E-state index contributed by atoms with van der Waals surface area (Å²) in [5.74, 6) is 1.08. The second-order valence-electron chi connectivity index (χ2n) is 15.1. The monoisotopic (exact) mass is 766 g/mol. The maximum atomic E-state index is 14.7. The van der Waals surface area contributed by atoms with Gasteiger partial charge in [0.25, 0.3) is 0 Å². The maximum absolute atomic E-state index is 14.7. The van der Waals surface area contributed by atoms with Crippen molar-refractivity contribution in [1.82, 2.24) is 25.1 Å². The number of thiazole rings is 1. The zero-order chi connectivity index (χ0) is 38.9. The summed E-state index contributed by atoms with van der Waals surface area (Å²) >= 11 is 1.53. The molecule has 3 aliphatic rings. The van der Waals surface area contributed by atoms with Crippen LogP contribution >= 0.6 is 11.3 Å². The Labute approximate surface area is 326 Å². The second-order valence-corrected chi connectivity index (χ2v) is 16.0. The number of nitrogens with two attached hydrogens (primary N) is 1. The predicted octanol–water partition coefficient (Wildman–Crippen LogP) is 6.74. The van der Waals surface area contributed by atoms with Gasteiger partial charge >= 0.3 is 6.03 Å². The third kappa shape index (κ3) is 7.85. The van der Waals surface area contributed by atoms with E-state index in [4.69, 9.17) is 29.9 Å². The number of rotatable bonds is 9. The van der Waals surface area contributed by atoms with Crippen molar-refractivity contribution >= 4 is 40.1 Å². The molecule has 1 aliphatic carbocycles. The average Bonchev–Trinajstić information content (AvgIpc) is 3.47. The molecule has 2 fully saturated rings. The van der Waals surface area contributed by atoms with Gasteiger partial charge in [0.15, 0.2) is 0 Å². The van der Waals surface area contributed by atoms with Crippen molar-refractivity contribution in [3.8, 4) is 28.0 Å². The number of aryl methyl sites for hydroxylation is 1. The molecule has 0 bridgehead atoms. The zero-order valence-electron chi connectivity index (χ0n) is 32.2. The molecule has 55 heavy (non-hydrogen) atoms. The number of allylic oxidation sites excluding steroid dienone is 1. The SMILES string of the molecule is COc1ccc(CN2CCCCCC=CC3CC3(C(N)=O)NC(=O)C3CC(Oc4cc(-c5nc(C(C)C)cs5)nc5c(C)c(OC)ccc45)CN3C2=O)cc1. The fraction of sp³-hybridized carbons (Fsp3) is 0.452. The number of fused-ring (bicyclic) bond motifs is 3. The molecule has 4 amide bonds. The van der Waals surface area contributed by atoms with Crippen LogP contribution in [0.3, 0.4) is 0 Å². The lowest BCUT2D eigenvalue weighted by atomic mass is 10.1. The first-order valence-corrected chi connectivity index (χ1v) is 20.0. The molecule has 4 unspecified atom stereocenters. The van der Waals surface area contributed by atoms with Crippen LogP contribution < -0.4 is 25.3 Å². The maximum Gasteiger partial charge on any atom is 0.321 e. The van der Waals surface area contributed by atoms with E-state index >= 15 is 0 Å². The highest BCUT2D eigenvalue weighted by atomic mass is 32.1. The van der Waals surface area contributed by atoms with Gasteiger partial charge in [0.05, 0.1) is 32.0 Å². The van der Waals surface area contributed by atoms with Crippen molar-refractivity contribution < 1.29 is 28.6 Å². The highest BCUT2D eigenvalue weighted by Crippen LogP contribution is 2.45. The number of ether oxygens (including phenoxy) is 3. The van der Waals surface area contributed by atoms with Gasteiger partial charge in [-0.1, -0.05) is 44.6 Å². The van der Waals surface area contributed by atoms with Crippen LogP contribution in [0.2, 0.25) is 0 Å². The zero-order valence-corrected chi connectivity index (χ0v) is 33.0. The Morgan fingerprint density at radius 2 is 1.85 bits per heavy atom. The molecule has 4 aromatic rings. The fourth-order valence-electron chi connectivity index (χ4n) is 7.69. The number of urea groups is 1. The topological polar surface area (TPSA) is 149 Å². The summed E-state index contributed by atoms with van der Waals surface area (Å²) in [7, 11) is 3.25. The summed E-state index contributed by atoms with van der Waals surface area (Å²) in [5.41, 5.74) is 8.92. The number of carbonyl (C=O) groups is 3. The van der Waals surface area contributed by atoms with Crippen LogP contribution in [0.15, 0.2) is 60.0 Å². The molecule has 4 heterocycles. The van der Waals surface area contributed by atoms with Gasteiger partial charge in [-0.25, -0.2) is 14.8 Å². The van der Waals surface area contributed by atoms with Crippen LogP contribution in [0.5, 0.6) is 17.2 Å². The number of carbonyl (C=O) groups excluding carboxylic acids is 3. The van der Waals surface area contributed by atoms with Crippen molar-refractivity contribution in [2.24, 2.45) is 11.7 Å². The normalized spacial score (nSPS) is 23.1. The standard InChI is InChI=1S/C42H50N6O6S/c1-25(2)33-24-55-39(45-33)32-20-36(31-16-17-35(53-5)26(3)37(31)44-32)54-30-19-34-38(49)46-42(40(43)50)21-28(42)11-9-7-6-8-10-18-47(41(51)48(34)23-30)22-27-12-14-29(52-4)15-13-27/h9,11-17,20,24-25,28,30,34H,6-8,10,18-19,21-23H2,1-5H3,(H2,43,50)(H,46,49). The van der Waals surface area contributed by atoms with Gasteiger partial charge in [0.2, 0.25) is 11.8 Å². The number of hydrogen-bond donors (Lipinski definition) is 2. The number of benzene rings is 2. The van der Waals surface area contributed by atoms with Crippen LogP contribution in [0, 0.1) is 12.8 Å². The van der Waals surface area contributed by atoms with Crippen molar-refractivity contribution in [3.05, 3.63) is 76.8 Å². The Kier molecular flexibility index (Phi) is 11.0. The second kappa shape index (κ2) is 15.9. The summed E-state index contributed by atoms with van der Waals surface area (Å²) in [4.78, 5) is 55.2. The Hall–Kier alpha value is -5.17. The van der Waals surface area contributed by atoms with E-state index in [1.165, 1.54) is 11.3 Å². The van der Waals surface area contributed by atoms with Crippen molar-refractivity contribution in [2.75, 3.05) is 27.3 Å². The summed E-state index contributed by atoms with van der Waals surface area (Å²) < 4.78 is 17.9. The molecule has 7 rings (SSSR count). The van der Waals surface area contributed by atoms with Gasteiger partial charge in [-0.15, -0.1) is 11.3 Å². The Bertz CT molecular complexity index is 2100. The lowest BCUT2D eigenvalue weighted by Crippen LogP contribution is -2.56. The Balaban J connectivity index is 1.24. The van der Waals surface area contributed by atoms with Crippen LogP contribution in [-0.4, -0.2) is 82.6 Å². The van der Waals surface area contributed by atoms with Crippen LogP contribution in [0.25, 0.3) is 21.6 Å². The van der Waals surface area contributed by atoms with E-state index in [0.29, 0.717) is 36.7 Å². The number of primary amides is 1. The number of pyridine rings is 1. The molecule has 0 spiro atoms. The first kappa shape index (κ1) is 38.1. The Morgan fingerprint density at radius 1 is 1.05 bits per heavy atom. The largest absolute Gasteiger partial charge is 0.497 e. The summed E-state index contributed by atoms with van der Waals surface area (Å²) in [6, 6.07) is 12.2. The molecule has 1 saturated heterocycles. The molecule has 4 atom stereocenters. The lowest BCUT2D eigenvalue weighted by molar-refractivity contribution is -0.130. The van der Waals surface area contributed by atoms with Crippen LogP contribution in [0.1, 0.15) is 75.1 Å². The highest BCUT2D eigenvalue weighted by molar-refractivity contribution is 7.13. The van der Waals surface area contributed by atoms with Crippen LogP contribution in [0.4, 0.5) is 4.79 Å². The molecule has 12 nitrogen and oxygen atoms in total. The van der Waals surface area contributed by atoms with Gasteiger partial charge in [-0.2, -0.15) is 0 Å². The number of aromatic nitrogens is 2. The van der Waals surface area contributed by atoms with Gasteiger partial charge in [-0.3, -0.25) is 9.59 Å². The number of hydrogen-bond acceptors (Lipinski definition) is 9. The molecule has 2 aliphatic heterocycles. The number of nitrogens with zero attached hydrogens (tertiary/aromatic N) is 4. The summed E-state index contributed by atoms with van der Waals surface area (Å²) in [5, 5.41) is 6.60. The van der Waals surface area contributed by atoms with Gasteiger partial charge in [0, 0.05) is 47.8 Å². The molecule has 13 heteroatoms. The summed E-state index contributed by atoms with van der Waals surface area (Å²) in [6.45, 7) is 7.21. The van der Waals surface area contributed by atoms with Crippen molar-refractivity contribution in [3.63, 3.8) is 0 Å². The minimum Gasteiger partial charge on any atom is -0.497 e. The third-order valence-corrected chi connectivity index (χ3v) is 12.0. The molecular formula is C42H50N6O6S. The number of methoxy groups -OCH3 is 2. The first-order valence-electron chi connectivity index (χ1n) is 19.1. The van der Waals surface area contributed by atoms with Gasteiger partial charge in [0.1, 0.15) is 45.6 Å². The smallest absolute Gasteiger partial charge is 0.321 e. The van der Waals surface area contributed by atoms with E-state index in [9.17, 15) is 14.4 Å². The van der Waals surface area contributed by atoms with Gasteiger partial charge in [-0.05, 0) is 68.4 Å². The van der Waals surface area contributed by atoms with E-state index in [-0.39, 0.29) is 30.8 Å². The lowest BCUT2D eigenvalue weighted by Gasteiger charge is -2.32. The van der Waals surface area contributed by atoms with E-state index in [0.717, 1.165) is 64.2 Å². The average molecular weight is 767 g/mol. The molecule has 290 valence electrons. The molecule has 2 aromatic carbocycles. The van der Waals surface area contributed by atoms with E-state index < -0.39 is 29.5 Å². The van der Waals surface area contributed by atoms with E-state index in [2.05, 4.69) is 25.2 Å². The van der Waals surface area contributed by atoms with E-state index in [1.807, 2.05) is 65.7 Å². The molecule has 3 N–H and O–H groups in total. The van der Waals surface area contributed by atoms with Crippen molar-refractivity contribution in [2.45, 2.75) is 89.4 Å². The molecular weight excluding hydrogens is 717 g/mol. The molecule has 2 aromatic heterocycles. The minimum absolute atomic E-state index is 0.159. The van der Waals surface area contributed by atoms with Crippen LogP contribution in [-0.2, 0) is 16.1 Å². The Morgan fingerprint density at radius 3 is 2.56 bits per heavy atom. The summed E-state index contributed by atoms with van der Waals surface area (Å²) in [6.07, 6.45) is 7.69. The molecule has 0 radical (unpaired) electrons. The van der Waals surface area contributed by atoms with Gasteiger partial charge < -0.3 is 35.1 Å². The quantitative estimate of drug-likeness (QED) is 0.178. The van der Waals surface area contributed by atoms with Crippen molar-refractivity contribution in [1.29, 1.82) is 0 Å². The minimum atomic E-state index is -1.18. The van der Waals surface area contributed by atoms with E-state index in [1.54, 1.807) is 19.1 Å². The number of nitrogens with one attached hydrogen (secondary N) is 1. The first-order chi connectivity index (χ1) is 26.5. The number of amides is 4. The molecule has 1 saturated carbocycles. The third-order valence-electron chi connectivity index (χ3n) is 11.1.